The standard InChI is InChI=1S/C22H17FN6O2/c1-15-4-7-17(12-20(15)29-14-25-27-28-29)26-22(30)9-6-16-5-8-21(19(23)11-16)31-18-3-2-10-24-13-18/h2-14H,1H3,(H,26,30)/b9-6+. The van der Waals surface area contributed by atoms with Gasteiger partial charge in [-0.2, -0.15) is 0 Å². The molecule has 0 radical (unpaired) electrons. The number of anilines is 1. The predicted octanol–water partition coefficient (Wildman–Crippen LogP) is 3.95. The lowest BCUT2D eigenvalue weighted by atomic mass is 10.1. The maximum atomic E-state index is 14.3. The summed E-state index contributed by atoms with van der Waals surface area (Å²) in [7, 11) is 0. The molecule has 1 N–H and O–H groups in total. The largest absolute Gasteiger partial charge is 0.453 e. The molecule has 0 saturated heterocycles. The van der Waals surface area contributed by atoms with Crippen molar-refractivity contribution in [2.75, 3.05) is 5.32 Å². The number of ether oxygens (including phenoxy) is 1. The summed E-state index contributed by atoms with van der Waals surface area (Å²) in [6, 6.07) is 13.2. The lowest BCUT2D eigenvalue weighted by Crippen LogP contribution is -2.09. The molecular weight excluding hydrogens is 399 g/mol. The number of nitrogens with one attached hydrogen (secondary N) is 1. The summed E-state index contributed by atoms with van der Waals surface area (Å²) in [5, 5.41) is 13.9. The minimum atomic E-state index is -0.545. The van der Waals surface area contributed by atoms with Gasteiger partial charge in [0.2, 0.25) is 5.91 Å². The average Bonchev–Trinajstić information content (AvgIpc) is 3.31. The highest BCUT2D eigenvalue weighted by atomic mass is 19.1. The van der Waals surface area contributed by atoms with E-state index in [1.54, 1.807) is 36.5 Å². The second kappa shape index (κ2) is 8.95. The van der Waals surface area contributed by atoms with Gasteiger partial charge in [-0.15, -0.1) is 5.10 Å². The van der Waals surface area contributed by atoms with Gasteiger partial charge in [-0.1, -0.05) is 12.1 Å². The van der Waals surface area contributed by atoms with Crippen molar-refractivity contribution in [2.45, 2.75) is 6.92 Å². The number of pyridine rings is 1. The first-order chi connectivity index (χ1) is 15.1. The lowest BCUT2D eigenvalue weighted by Gasteiger charge is -2.08. The van der Waals surface area contributed by atoms with Crippen molar-refractivity contribution in [3.05, 3.63) is 90.3 Å². The van der Waals surface area contributed by atoms with Crippen molar-refractivity contribution >= 4 is 17.7 Å². The molecule has 4 aromatic rings. The Hall–Kier alpha value is -4.40. The zero-order valence-corrected chi connectivity index (χ0v) is 16.4. The topological polar surface area (TPSA) is 94.8 Å². The minimum Gasteiger partial charge on any atom is -0.453 e. The van der Waals surface area contributed by atoms with E-state index in [4.69, 9.17) is 4.74 Å². The van der Waals surface area contributed by atoms with E-state index in [1.807, 2.05) is 13.0 Å². The molecule has 0 spiro atoms. The molecule has 2 aromatic carbocycles. The molecule has 0 aliphatic heterocycles. The highest BCUT2D eigenvalue weighted by Gasteiger charge is 2.07. The average molecular weight is 416 g/mol. The van der Waals surface area contributed by atoms with E-state index >= 15 is 0 Å². The first-order valence-electron chi connectivity index (χ1n) is 9.29. The summed E-state index contributed by atoms with van der Waals surface area (Å²) in [5.74, 6) is -0.397. The van der Waals surface area contributed by atoms with Gasteiger partial charge < -0.3 is 10.1 Å². The lowest BCUT2D eigenvalue weighted by molar-refractivity contribution is -0.111. The van der Waals surface area contributed by atoms with Crippen LogP contribution in [0.2, 0.25) is 0 Å². The number of aryl methyl sites for hydroxylation is 1. The van der Waals surface area contributed by atoms with E-state index in [1.165, 1.54) is 41.5 Å². The van der Waals surface area contributed by atoms with Crippen molar-refractivity contribution in [2.24, 2.45) is 0 Å². The van der Waals surface area contributed by atoms with Crippen molar-refractivity contribution in [1.29, 1.82) is 0 Å². The molecule has 0 unspecified atom stereocenters. The number of hydrogen-bond acceptors (Lipinski definition) is 6. The Morgan fingerprint density at radius 3 is 2.84 bits per heavy atom. The van der Waals surface area contributed by atoms with Crippen LogP contribution < -0.4 is 10.1 Å². The Labute approximate surface area is 177 Å². The molecule has 154 valence electrons. The SMILES string of the molecule is Cc1ccc(NC(=O)/C=C/c2ccc(Oc3cccnc3)c(F)c2)cc1-n1cnnn1. The molecule has 0 atom stereocenters. The predicted molar refractivity (Wildman–Crippen MR) is 112 cm³/mol. The van der Waals surface area contributed by atoms with E-state index in [-0.39, 0.29) is 11.7 Å². The van der Waals surface area contributed by atoms with Crippen LogP contribution in [-0.2, 0) is 4.79 Å². The van der Waals surface area contributed by atoms with Crippen LogP contribution in [-0.4, -0.2) is 31.1 Å². The van der Waals surface area contributed by atoms with Crippen molar-refractivity contribution in [3.63, 3.8) is 0 Å². The van der Waals surface area contributed by atoms with Crippen molar-refractivity contribution < 1.29 is 13.9 Å². The molecule has 0 aliphatic rings. The zero-order valence-electron chi connectivity index (χ0n) is 16.4. The molecule has 31 heavy (non-hydrogen) atoms. The normalized spacial score (nSPS) is 10.9. The van der Waals surface area contributed by atoms with Gasteiger partial charge in [0.1, 0.15) is 12.1 Å². The van der Waals surface area contributed by atoms with Crippen LogP contribution in [0.3, 0.4) is 0 Å². The fraction of sp³-hybridized carbons (Fsp3) is 0.0455. The minimum absolute atomic E-state index is 0.0735. The van der Waals surface area contributed by atoms with Crippen LogP contribution in [0.1, 0.15) is 11.1 Å². The maximum Gasteiger partial charge on any atom is 0.248 e. The number of carbonyl (C=O) groups excluding carboxylic acids is 1. The third-order valence-corrected chi connectivity index (χ3v) is 4.32. The zero-order chi connectivity index (χ0) is 21.6. The van der Waals surface area contributed by atoms with Crippen LogP contribution >= 0.6 is 0 Å². The summed E-state index contributed by atoms with van der Waals surface area (Å²) in [5.41, 5.74) is 2.80. The summed E-state index contributed by atoms with van der Waals surface area (Å²) in [6.45, 7) is 1.92. The Bertz CT molecular complexity index is 1230. The third-order valence-electron chi connectivity index (χ3n) is 4.32. The fourth-order valence-corrected chi connectivity index (χ4v) is 2.80. The first kappa shape index (κ1) is 19.9. The quantitative estimate of drug-likeness (QED) is 0.478. The number of benzene rings is 2. The van der Waals surface area contributed by atoms with Crippen LogP contribution in [0.4, 0.5) is 10.1 Å². The molecule has 9 heteroatoms. The van der Waals surface area contributed by atoms with Crippen molar-refractivity contribution in [1.82, 2.24) is 25.2 Å². The van der Waals surface area contributed by atoms with E-state index in [0.717, 1.165) is 11.3 Å². The van der Waals surface area contributed by atoms with Gasteiger partial charge in [0.05, 0.1) is 11.9 Å². The summed E-state index contributed by atoms with van der Waals surface area (Å²) >= 11 is 0. The highest BCUT2D eigenvalue weighted by Crippen LogP contribution is 2.25. The van der Waals surface area contributed by atoms with Crippen LogP contribution in [0.5, 0.6) is 11.5 Å². The van der Waals surface area contributed by atoms with Crippen LogP contribution in [0.25, 0.3) is 11.8 Å². The number of amides is 1. The molecule has 0 bridgehead atoms. The smallest absolute Gasteiger partial charge is 0.248 e. The van der Waals surface area contributed by atoms with Gasteiger partial charge in [-0.05, 0) is 71.0 Å². The summed E-state index contributed by atoms with van der Waals surface area (Å²) < 4.78 is 21.3. The van der Waals surface area contributed by atoms with Gasteiger partial charge in [0.25, 0.3) is 0 Å². The van der Waals surface area contributed by atoms with Crippen molar-refractivity contribution in [3.8, 4) is 17.2 Å². The van der Waals surface area contributed by atoms with Gasteiger partial charge in [-0.3, -0.25) is 9.78 Å². The Morgan fingerprint density at radius 1 is 1.19 bits per heavy atom. The maximum absolute atomic E-state index is 14.3. The number of rotatable bonds is 6. The van der Waals surface area contributed by atoms with Gasteiger partial charge in [0, 0.05) is 18.0 Å². The molecule has 2 aromatic heterocycles. The Morgan fingerprint density at radius 2 is 2.10 bits per heavy atom. The molecular formula is C22H17FN6O2. The van der Waals surface area contributed by atoms with Gasteiger partial charge in [-0.25, -0.2) is 9.07 Å². The van der Waals surface area contributed by atoms with Gasteiger partial charge >= 0.3 is 0 Å². The number of carbonyl (C=O) groups is 1. The molecule has 0 aliphatic carbocycles. The first-order valence-corrected chi connectivity index (χ1v) is 9.29. The van der Waals surface area contributed by atoms with E-state index in [0.29, 0.717) is 17.0 Å². The molecule has 8 nitrogen and oxygen atoms in total. The number of aromatic nitrogens is 5. The molecule has 1 amide bonds. The fourth-order valence-electron chi connectivity index (χ4n) is 2.80. The number of tetrazole rings is 1. The number of hydrogen-bond donors (Lipinski definition) is 1. The van der Waals surface area contributed by atoms with Crippen LogP contribution in [0, 0.1) is 12.7 Å². The summed E-state index contributed by atoms with van der Waals surface area (Å²) in [4.78, 5) is 16.2. The number of nitrogens with zero attached hydrogens (tertiary/aromatic N) is 5. The second-order valence-electron chi connectivity index (χ2n) is 6.56. The Balaban J connectivity index is 1.42. The van der Waals surface area contributed by atoms with E-state index < -0.39 is 5.82 Å². The third kappa shape index (κ3) is 4.96. The molecule has 0 fully saturated rings. The number of halogens is 1. The molecule has 4 rings (SSSR count). The van der Waals surface area contributed by atoms with E-state index in [9.17, 15) is 9.18 Å². The van der Waals surface area contributed by atoms with Crippen LogP contribution in [0.15, 0.2) is 73.3 Å². The Kier molecular flexibility index (Phi) is 5.75. The molecule has 2 heterocycles. The van der Waals surface area contributed by atoms with Gasteiger partial charge in [0.15, 0.2) is 11.6 Å². The highest BCUT2D eigenvalue weighted by molar-refractivity contribution is 6.02. The molecule has 0 saturated carbocycles. The van der Waals surface area contributed by atoms with E-state index in [2.05, 4.69) is 25.8 Å². The second-order valence-corrected chi connectivity index (χ2v) is 6.56. The monoisotopic (exact) mass is 416 g/mol. The summed E-state index contributed by atoms with van der Waals surface area (Å²) in [6.07, 6.45) is 7.42.